The van der Waals surface area contributed by atoms with Gasteiger partial charge in [0.15, 0.2) is 5.72 Å². The third-order valence-electron chi connectivity index (χ3n) is 3.92. The summed E-state index contributed by atoms with van der Waals surface area (Å²) in [5.41, 5.74) is -2.45. The van der Waals surface area contributed by atoms with Crippen LogP contribution in [-0.2, 0) is 9.47 Å². The van der Waals surface area contributed by atoms with Crippen molar-refractivity contribution in [3.8, 4) is 0 Å². The SMILES string of the molecule is O=[N+]([O-])c1nn2c(c1[N+](=O)[O-])N[C@]1(O)C[C@@H]2[C@@H]2CO[C@@H]1O2. The molecule has 0 amide bonds. The van der Waals surface area contributed by atoms with Gasteiger partial charge in [0.25, 0.3) is 0 Å². The van der Waals surface area contributed by atoms with E-state index in [0.29, 0.717) is 0 Å². The summed E-state index contributed by atoms with van der Waals surface area (Å²) in [4.78, 5) is 20.3. The molecule has 0 aliphatic carbocycles. The molecular weight excluding hydrogens is 290 g/mol. The minimum absolute atomic E-state index is 0.130. The Morgan fingerprint density at radius 1 is 1.43 bits per heavy atom. The second kappa shape index (κ2) is 3.66. The molecule has 112 valence electrons. The van der Waals surface area contributed by atoms with Crippen LogP contribution in [0, 0.1) is 20.2 Å². The lowest BCUT2D eigenvalue weighted by Gasteiger charge is -2.43. The van der Waals surface area contributed by atoms with Gasteiger partial charge in [-0.05, 0) is 4.92 Å². The van der Waals surface area contributed by atoms with Crippen molar-refractivity contribution in [2.75, 3.05) is 11.9 Å². The van der Waals surface area contributed by atoms with E-state index < -0.39 is 45.5 Å². The largest absolute Gasteiger partial charge is 0.470 e. The molecule has 4 rings (SSSR count). The topological polar surface area (TPSA) is 155 Å². The van der Waals surface area contributed by atoms with E-state index in [9.17, 15) is 25.3 Å². The predicted octanol–water partition coefficient (Wildman–Crippen LogP) is -0.500. The number of nitro groups is 2. The van der Waals surface area contributed by atoms with Crippen LogP contribution < -0.4 is 5.32 Å². The number of hydrogen-bond donors (Lipinski definition) is 2. The number of aromatic nitrogens is 2. The van der Waals surface area contributed by atoms with Crippen LogP contribution in [0.4, 0.5) is 17.3 Å². The first kappa shape index (κ1) is 12.4. The third kappa shape index (κ3) is 1.46. The Balaban J connectivity index is 1.93. The maximum Gasteiger partial charge on any atom is 0.470 e. The van der Waals surface area contributed by atoms with Gasteiger partial charge in [0.05, 0.1) is 16.6 Å². The lowest BCUT2D eigenvalue weighted by Crippen LogP contribution is -2.58. The highest BCUT2D eigenvalue weighted by Crippen LogP contribution is 2.50. The van der Waals surface area contributed by atoms with E-state index in [1.165, 1.54) is 0 Å². The zero-order valence-corrected chi connectivity index (χ0v) is 10.3. The summed E-state index contributed by atoms with van der Waals surface area (Å²) < 4.78 is 11.9. The summed E-state index contributed by atoms with van der Waals surface area (Å²) in [6.07, 6.45) is -1.30. The maximum atomic E-state index is 11.1. The highest BCUT2D eigenvalue weighted by Gasteiger charge is 2.60. The van der Waals surface area contributed by atoms with Gasteiger partial charge in [-0.2, -0.15) is 0 Å². The molecule has 1 aromatic heterocycles. The van der Waals surface area contributed by atoms with E-state index in [1.54, 1.807) is 0 Å². The lowest BCUT2D eigenvalue weighted by atomic mass is 9.94. The number of ether oxygens (including phenoxy) is 2. The van der Waals surface area contributed by atoms with E-state index in [1.807, 2.05) is 0 Å². The summed E-state index contributed by atoms with van der Waals surface area (Å²) in [5.74, 6) is -1.07. The van der Waals surface area contributed by atoms with Crippen LogP contribution >= 0.6 is 0 Å². The van der Waals surface area contributed by atoms with Crippen molar-refractivity contribution in [1.29, 1.82) is 0 Å². The first-order valence-electron chi connectivity index (χ1n) is 6.09. The van der Waals surface area contributed by atoms with Gasteiger partial charge in [-0.25, -0.2) is 0 Å². The average molecular weight is 299 g/mol. The molecule has 21 heavy (non-hydrogen) atoms. The second-order valence-corrected chi connectivity index (χ2v) is 5.14. The second-order valence-electron chi connectivity index (χ2n) is 5.14. The predicted molar refractivity (Wildman–Crippen MR) is 62.4 cm³/mol. The van der Waals surface area contributed by atoms with Crippen LogP contribution in [0.5, 0.6) is 0 Å². The number of anilines is 1. The summed E-state index contributed by atoms with van der Waals surface area (Å²) in [7, 11) is 0. The lowest BCUT2D eigenvalue weighted by molar-refractivity contribution is -0.424. The van der Waals surface area contributed by atoms with Crippen LogP contribution in [-0.4, -0.2) is 49.5 Å². The molecule has 0 spiro atoms. The number of aliphatic hydroxyl groups is 1. The minimum Gasteiger partial charge on any atom is -0.366 e. The molecule has 2 N–H and O–H groups in total. The summed E-state index contributed by atoms with van der Waals surface area (Å²) >= 11 is 0. The highest BCUT2D eigenvalue weighted by molar-refractivity contribution is 5.68. The molecule has 4 heterocycles. The molecule has 3 aliphatic heterocycles. The first-order valence-corrected chi connectivity index (χ1v) is 6.09. The molecule has 0 radical (unpaired) electrons. The molecule has 0 aromatic carbocycles. The summed E-state index contributed by atoms with van der Waals surface area (Å²) in [6, 6.07) is -0.572. The molecule has 3 aliphatic rings. The van der Waals surface area contributed by atoms with E-state index in [2.05, 4.69) is 10.4 Å². The number of hydrogen-bond acceptors (Lipinski definition) is 9. The van der Waals surface area contributed by atoms with Gasteiger partial charge in [-0.1, -0.05) is 0 Å². The summed E-state index contributed by atoms with van der Waals surface area (Å²) in [5, 5.41) is 38.8. The zero-order chi connectivity index (χ0) is 14.9. The van der Waals surface area contributed by atoms with Crippen molar-refractivity contribution in [1.82, 2.24) is 9.78 Å². The standard InChI is InChI=1S/C9H9N5O7/c15-9-1-3(4-2-20-8(9)21-4)12-6(10-9)5(13(16)17)7(11-12)14(18)19/h3-4,8,10,15H,1-2H2/t3-,4+,8-,9+/m1/s1. The monoisotopic (exact) mass is 299 g/mol. The van der Waals surface area contributed by atoms with Gasteiger partial charge in [-0.15, -0.1) is 4.68 Å². The Labute approximate surface area is 115 Å². The Hall–Kier alpha value is -2.31. The molecule has 2 saturated heterocycles. The normalized spacial score (nSPS) is 36.0. The van der Waals surface area contributed by atoms with Crippen LogP contribution in [0.15, 0.2) is 0 Å². The molecular formula is C9H9N5O7. The van der Waals surface area contributed by atoms with Crippen molar-refractivity contribution in [3.05, 3.63) is 20.2 Å². The third-order valence-corrected chi connectivity index (χ3v) is 3.92. The van der Waals surface area contributed by atoms with Crippen molar-refractivity contribution in [3.63, 3.8) is 0 Å². The molecule has 4 bridgehead atoms. The van der Waals surface area contributed by atoms with Crippen molar-refractivity contribution < 1.29 is 24.4 Å². The van der Waals surface area contributed by atoms with Gasteiger partial charge >= 0.3 is 11.5 Å². The number of fused-ring (bicyclic) bond motifs is 8. The molecule has 0 unspecified atom stereocenters. The van der Waals surface area contributed by atoms with Crippen molar-refractivity contribution in [2.45, 2.75) is 30.6 Å². The molecule has 12 heteroatoms. The zero-order valence-electron chi connectivity index (χ0n) is 10.3. The van der Waals surface area contributed by atoms with Gasteiger partial charge in [0.1, 0.15) is 12.1 Å². The Morgan fingerprint density at radius 2 is 2.19 bits per heavy atom. The van der Waals surface area contributed by atoms with Gasteiger partial charge in [0, 0.05) is 6.42 Å². The minimum atomic E-state index is -1.67. The van der Waals surface area contributed by atoms with Crippen LogP contribution in [0.3, 0.4) is 0 Å². The molecule has 2 fully saturated rings. The van der Waals surface area contributed by atoms with E-state index in [4.69, 9.17) is 9.47 Å². The van der Waals surface area contributed by atoms with Gasteiger partial charge in [-0.3, -0.25) is 10.1 Å². The molecule has 1 aromatic rings. The number of nitrogens with one attached hydrogen (secondary N) is 1. The van der Waals surface area contributed by atoms with Crippen LogP contribution in [0.2, 0.25) is 0 Å². The molecule has 4 atom stereocenters. The Bertz CT molecular complexity index is 674. The fourth-order valence-electron chi connectivity index (χ4n) is 3.04. The van der Waals surface area contributed by atoms with Crippen molar-refractivity contribution >= 4 is 17.3 Å². The van der Waals surface area contributed by atoms with E-state index >= 15 is 0 Å². The number of nitrogens with zero attached hydrogens (tertiary/aromatic N) is 4. The Kier molecular flexibility index (Phi) is 2.17. The first-order chi connectivity index (χ1) is 9.90. The van der Waals surface area contributed by atoms with E-state index in [0.717, 1.165) is 4.68 Å². The average Bonchev–Trinajstić information content (AvgIpc) is 2.98. The fraction of sp³-hybridized carbons (Fsp3) is 0.667. The van der Waals surface area contributed by atoms with Crippen LogP contribution in [0.25, 0.3) is 0 Å². The number of rotatable bonds is 2. The molecule has 12 nitrogen and oxygen atoms in total. The fourth-order valence-corrected chi connectivity index (χ4v) is 3.04. The Morgan fingerprint density at radius 3 is 2.86 bits per heavy atom. The summed E-state index contributed by atoms with van der Waals surface area (Å²) in [6.45, 7) is 0.181. The van der Waals surface area contributed by atoms with Gasteiger partial charge in [0.2, 0.25) is 12.1 Å². The highest BCUT2D eigenvalue weighted by atomic mass is 16.7. The quantitative estimate of drug-likeness (QED) is 0.542. The smallest absolute Gasteiger partial charge is 0.366 e. The van der Waals surface area contributed by atoms with E-state index in [-0.39, 0.29) is 18.8 Å². The van der Waals surface area contributed by atoms with Crippen LogP contribution in [0.1, 0.15) is 12.5 Å². The van der Waals surface area contributed by atoms with Crippen molar-refractivity contribution in [2.24, 2.45) is 0 Å². The maximum absolute atomic E-state index is 11.1. The molecule has 0 saturated carbocycles. The van der Waals surface area contributed by atoms with Gasteiger partial charge < -0.3 is 30.0 Å².